The lowest BCUT2D eigenvalue weighted by Crippen LogP contribution is -2.47. The first kappa shape index (κ1) is 25.8. The Labute approximate surface area is 230 Å². The van der Waals surface area contributed by atoms with Gasteiger partial charge in [0.15, 0.2) is 0 Å². The molecule has 1 atom stereocenters. The van der Waals surface area contributed by atoms with Crippen molar-refractivity contribution in [1.29, 1.82) is 0 Å². The monoisotopic (exact) mass is 554 g/mol. The summed E-state index contributed by atoms with van der Waals surface area (Å²) in [6.07, 6.45) is 2.33. The highest BCUT2D eigenvalue weighted by atomic mass is 19.4. The maximum atomic E-state index is 13.8. The molecule has 1 aromatic carbocycles. The van der Waals surface area contributed by atoms with Crippen LogP contribution >= 0.6 is 0 Å². The zero-order valence-corrected chi connectivity index (χ0v) is 22.3. The molecule has 3 aliphatic heterocycles. The van der Waals surface area contributed by atoms with Gasteiger partial charge in [0.05, 0.1) is 23.3 Å². The first-order valence-electron chi connectivity index (χ1n) is 14.2. The number of fused-ring (bicyclic) bond motifs is 3. The van der Waals surface area contributed by atoms with E-state index in [9.17, 15) is 18.0 Å². The molecule has 4 aliphatic rings. The number of halogens is 3. The molecule has 0 radical (unpaired) electrons. The van der Waals surface area contributed by atoms with Crippen LogP contribution in [-0.4, -0.2) is 70.7 Å². The third-order valence-electron chi connectivity index (χ3n) is 8.56. The SMILES string of the molecule is O=c1c2c(c3ccc(-c4cccnc4N4CCN(C5CC5)CC4)cc3n1CC(F)(F)F)NN(C1CCCCO1)C2. The molecule has 3 aromatic rings. The number of nitrogens with one attached hydrogen (secondary N) is 1. The van der Waals surface area contributed by atoms with Crippen LogP contribution in [0, 0.1) is 0 Å². The number of benzene rings is 1. The van der Waals surface area contributed by atoms with E-state index in [1.54, 1.807) is 12.3 Å². The van der Waals surface area contributed by atoms with E-state index < -0.39 is 18.3 Å². The second kappa shape index (κ2) is 10.0. The number of hydrogen-bond donors (Lipinski definition) is 1. The molecule has 3 fully saturated rings. The second-order valence-corrected chi connectivity index (χ2v) is 11.3. The number of anilines is 2. The van der Waals surface area contributed by atoms with Crippen molar-refractivity contribution in [3.63, 3.8) is 0 Å². The Hall–Kier alpha value is -3.15. The summed E-state index contributed by atoms with van der Waals surface area (Å²) in [7, 11) is 0. The van der Waals surface area contributed by atoms with Crippen molar-refractivity contribution in [2.45, 2.75) is 63.6 Å². The summed E-state index contributed by atoms with van der Waals surface area (Å²) in [6.45, 7) is 3.14. The van der Waals surface area contributed by atoms with Crippen LogP contribution in [0.15, 0.2) is 41.3 Å². The average molecular weight is 555 g/mol. The van der Waals surface area contributed by atoms with Gasteiger partial charge in [-0.25, -0.2) is 4.98 Å². The van der Waals surface area contributed by atoms with Gasteiger partial charge in [0.1, 0.15) is 18.6 Å². The van der Waals surface area contributed by atoms with Crippen LogP contribution in [0.1, 0.15) is 37.7 Å². The summed E-state index contributed by atoms with van der Waals surface area (Å²) in [5, 5.41) is 2.43. The molecule has 1 saturated carbocycles. The van der Waals surface area contributed by atoms with E-state index in [-0.39, 0.29) is 18.3 Å². The van der Waals surface area contributed by atoms with Gasteiger partial charge in [-0.05, 0) is 55.9 Å². The van der Waals surface area contributed by atoms with Crippen LogP contribution in [0.25, 0.3) is 22.0 Å². The Morgan fingerprint density at radius 1 is 1.05 bits per heavy atom. The van der Waals surface area contributed by atoms with E-state index in [1.165, 1.54) is 12.8 Å². The van der Waals surface area contributed by atoms with Crippen molar-refractivity contribution < 1.29 is 17.9 Å². The topological polar surface area (TPSA) is 65.9 Å². The first-order chi connectivity index (χ1) is 19.4. The number of piperazine rings is 1. The Bertz CT molecular complexity index is 1470. The fraction of sp³-hybridized carbons (Fsp3) is 0.517. The molecule has 1 aliphatic carbocycles. The van der Waals surface area contributed by atoms with Gasteiger partial charge in [-0.1, -0.05) is 12.1 Å². The molecule has 0 bridgehead atoms. The minimum atomic E-state index is -4.54. The molecule has 40 heavy (non-hydrogen) atoms. The molecular formula is C29H33F3N6O2. The summed E-state index contributed by atoms with van der Waals surface area (Å²) >= 11 is 0. The molecule has 1 unspecified atom stereocenters. The van der Waals surface area contributed by atoms with Gasteiger partial charge in [0.2, 0.25) is 0 Å². The van der Waals surface area contributed by atoms with Crippen LogP contribution in [0.4, 0.5) is 24.7 Å². The quantitative estimate of drug-likeness (QED) is 0.496. The number of aromatic nitrogens is 2. The lowest BCUT2D eigenvalue weighted by molar-refractivity contribution is -0.140. The van der Waals surface area contributed by atoms with Crippen molar-refractivity contribution in [3.8, 4) is 11.1 Å². The van der Waals surface area contributed by atoms with Crippen LogP contribution < -0.4 is 15.9 Å². The minimum Gasteiger partial charge on any atom is -0.361 e. The lowest BCUT2D eigenvalue weighted by Gasteiger charge is -2.36. The van der Waals surface area contributed by atoms with E-state index in [0.717, 1.165) is 67.0 Å². The number of hydrogen-bond acceptors (Lipinski definition) is 7. The fourth-order valence-corrected chi connectivity index (χ4v) is 6.40. The molecule has 1 N–H and O–H groups in total. The predicted octanol–water partition coefficient (Wildman–Crippen LogP) is 4.58. The summed E-state index contributed by atoms with van der Waals surface area (Å²) in [4.78, 5) is 23.0. The van der Waals surface area contributed by atoms with Crippen molar-refractivity contribution in [2.75, 3.05) is 43.1 Å². The Balaban J connectivity index is 1.28. The molecule has 0 spiro atoms. The van der Waals surface area contributed by atoms with Gasteiger partial charge in [0.25, 0.3) is 5.56 Å². The Morgan fingerprint density at radius 2 is 1.88 bits per heavy atom. The largest absolute Gasteiger partial charge is 0.406 e. The third-order valence-corrected chi connectivity index (χ3v) is 8.56. The highest BCUT2D eigenvalue weighted by Gasteiger charge is 2.36. The number of pyridine rings is 2. The highest BCUT2D eigenvalue weighted by Crippen LogP contribution is 2.38. The number of hydrazine groups is 1. The molecule has 7 rings (SSSR count). The number of rotatable bonds is 5. The van der Waals surface area contributed by atoms with Gasteiger partial charge in [0, 0.05) is 56.0 Å². The minimum absolute atomic E-state index is 0.202. The van der Waals surface area contributed by atoms with E-state index in [1.807, 2.05) is 29.3 Å². The number of alkyl halides is 3. The zero-order valence-electron chi connectivity index (χ0n) is 22.3. The number of nitrogens with zero attached hydrogens (tertiary/aromatic N) is 5. The standard InChI is InChI=1S/C29H33F3N6O2/c30-29(31,32)18-37-24-16-19(21-4-3-10-33-27(21)36-13-11-35(12-14-36)20-7-8-20)6-9-22(24)26-23(28(37)39)17-38(34-26)25-5-1-2-15-40-25/h3-4,6,9-10,16,20,25,34H,1-2,5,7-8,11-15,17-18H2. The normalized spacial score (nSPS) is 22.5. The summed E-state index contributed by atoms with van der Waals surface area (Å²) in [5.74, 6) is 0.821. The molecule has 2 aromatic heterocycles. The highest BCUT2D eigenvalue weighted by molar-refractivity contribution is 5.97. The van der Waals surface area contributed by atoms with Crippen LogP contribution in [0.3, 0.4) is 0 Å². The van der Waals surface area contributed by atoms with E-state index in [4.69, 9.17) is 4.74 Å². The zero-order chi connectivity index (χ0) is 27.4. The maximum absolute atomic E-state index is 13.8. The van der Waals surface area contributed by atoms with Crippen LogP contribution in [0.5, 0.6) is 0 Å². The van der Waals surface area contributed by atoms with Crippen molar-refractivity contribution in [3.05, 3.63) is 52.4 Å². The third kappa shape index (κ3) is 4.84. The van der Waals surface area contributed by atoms with Gasteiger partial charge >= 0.3 is 6.18 Å². The van der Waals surface area contributed by atoms with Crippen LogP contribution in [-0.2, 0) is 17.8 Å². The smallest absolute Gasteiger partial charge is 0.361 e. The van der Waals surface area contributed by atoms with Gasteiger partial charge < -0.3 is 15.1 Å². The molecule has 11 heteroatoms. The average Bonchev–Trinajstić information content (AvgIpc) is 3.73. The molecule has 8 nitrogen and oxygen atoms in total. The number of ether oxygens (including phenoxy) is 1. The van der Waals surface area contributed by atoms with Crippen molar-refractivity contribution in [2.24, 2.45) is 0 Å². The predicted molar refractivity (Wildman–Crippen MR) is 147 cm³/mol. The maximum Gasteiger partial charge on any atom is 0.406 e. The molecule has 5 heterocycles. The second-order valence-electron chi connectivity index (χ2n) is 11.3. The molecule has 2 saturated heterocycles. The van der Waals surface area contributed by atoms with Crippen molar-refractivity contribution >= 4 is 22.4 Å². The first-order valence-corrected chi connectivity index (χ1v) is 14.2. The summed E-state index contributed by atoms with van der Waals surface area (Å²) in [5.41, 5.74) is 5.44. The molecule has 212 valence electrons. The summed E-state index contributed by atoms with van der Waals surface area (Å²) in [6, 6.07) is 9.98. The fourth-order valence-electron chi connectivity index (χ4n) is 6.40. The molecule has 0 amide bonds. The van der Waals surface area contributed by atoms with E-state index in [2.05, 4.69) is 20.2 Å². The van der Waals surface area contributed by atoms with E-state index >= 15 is 0 Å². The van der Waals surface area contributed by atoms with Gasteiger partial charge in [-0.2, -0.15) is 18.2 Å². The van der Waals surface area contributed by atoms with Crippen LogP contribution in [0.2, 0.25) is 0 Å². The van der Waals surface area contributed by atoms with Gasteiger partial charge in [-0.3, -0.25) is 14.3 Å². The molecular weight excluding hydrogens is 521 g/mol. The van der Waals surface area contributed by atoms with Gasteiger partial charge in [-0.15, -0.1) is 0 Å². The van der Waals surface area contributed by atoms with E-state index in [0.29, 0.717) is 29.3 Å². The Morgan fingerprint density at radius 3 is 2.60 bits per heavy atom. The Kier molecular flexibility index (Phi) is 6.47. The summed E-state index contributed by atoms with van der Waals surface area (Å²) < 4.78 is 48.1. The lowest BCUT2D eigenvalue weighted by atomic mass is 10.0. The van der Waals surface area contributed by atoms with Crippen molar-refractivity contribution in [1.82, 2.24) is 19.5 Å².